The summed E-state index contributed by atoms with van der Waals surface area (Å²) >= 11 is -0.826. The number of hydrogen-bond acceptors (Lipinski definition) is 0. The molecule has 0 aromatic heterocycles. The summed E-state index contributed by atoms with van der Waals surface area (Å²) in [5.41, 5.74) is 0. The zero-order valence-electron chi connectivity index (χ0n) is 16.3. The SMILES string of the molecule is C[C]1[C](C)[C](C)[C](C)[C]1C.C[C]1[C](C)[C](C)[C](C)[C]1C.[Cl][Zr+2][Cl]. The fraction of sp³-hybridized carbons (Fsp3) is 0.500. The Labute approximate surface area is 165 Å². The van der Waals surface area contributed by atoms with Crippen LogP contribution >= 0.6 is 17.0 Å². The molecule has 0 nitrogen and oxygen atoms in total. The first-order valence-corrected chi connectivity index (χ1v) is 14.2. The summed E-state index contributed by atoms with van der Waals surface area (Å²) in [5.74, 6) is 14.7. The molecule has 2 aliphatic rings. The second-order valence-electron chi connectivity index (χ2n) is 6.32. The van der Waals surface area contributed by atoms with Crippen LogP contribution in [0.4, 0.5) is 0 Å². The van der Waals surface area contributed by atoms with Gasteiger partial charge in [-0.25, -0.2) is 0 Å². The molecule has 23 heavy (non-hydrogen) atoms. The van der Waals surface area contributed by atoms with E-state index in [0.29, 0.717) is 0 Å². The number of halogens is 2. The van der Waals surface area contributed by atoms with Gasteiger partial charge in [0, 0.05) is 0 Å². The standard InChI is InChI=1S/2C10H15.2ClH.Zr/c2*1-6-7(2)9(4)10(5)8(6)3;;;/h2*1-5H3;2*1H;/q;;;;+4/p-2. The van der Waals surface area contributed by atoms with Crippen molar-refractivity contribution in [3.05, 3.63) is 59.2 Å². The fourth-order valence-corrected chi connectivity index (χ4v) is 2.81. The van der Waals surface area contributed by atoms with Crippen LogP contribution in [-0.4, -0.2) is 0 Å². The second-order valence-corrected chi connectivity index (χ2v) is 10.1. The molecule has 0 aromatic carbocycles. The maximum absolute atomic E-state index is 4.93. The van der Waals surface area contributed by atoms with Crippen molar-refractivity contribution in [2.45, 2.75) is 69.2 Å². The summed E-state index contributed by atoms with van der Waals surface area (Å²) in [6.07, 6.45) is 0. The van der Waals surface area contributed by atoms with Crippen molar-refractivity contribution in [2.75, 3.05) is 0 Å². The molecule has 2 saturated carbocycles. The molecule has 3 heteroatoms. The minimum absolute atomic E-state index is 0.826. The first kappa shape index (κ1) is 24.5. The molecule has 2 fully saturated rings. The zero-order chi connectivity index (χ0) is 18.5. The van der Waals surface area contributed by atoms with Gasteiger partial charge in [0.25, 0.3) is 0 Å². The first-order chi connectivity index (χ1) is 10.5. The summed E-state index contributed by atoms with van der Waals surface area (Å²) in [7, 11) is 9.87. The molecule has 0 heterocycles. The molecular weight excluding hydrogens is 402 g/mol. The van der Waals surface area contributed by atoms with E-state index in [1.54, 1.807) is 0 Å². The van der Waals surface area contributed by atoms with Crippen LogP contribution in [0, 0.1) is 59.2 Å². The van der Waals surface area contributed by atoms with Gasteiger partial charge < -0.3 is 0 Å². The molecule has 2 aliphatic carbocycles. The minimum atomic E-state index is -0.826. The predicted molar refractivity (Wildman–Crippen MR) is 101 cm³/mol. The average molecular weight is 433 g/mol. The van der Waals surface area contributed by atoms with Crippen LogP contribution in [0.5, 0.6) is 0 Å². The van der Waals surface area contributed by atoms with Gasteiger partial charge in [-0.15, -0.1) is 0 Å². The van der Waals surface area contributed by atoms with Gasteiger partial charge in [-0.1, -0.05) is 69.2 Å². The van der Waals surface area contributed by atoms with Gasteiger partial charge in [0.15, 0.2) is 0 Å². The van der Waals surface area contributed by atoms with Crippen LogP contribution in [0.2, 0.25) is 0 Å². The molecule has 0 aliphatic heterocycles. The first-order valence-electron chi connectivity index (χ1n) is 7.88. The summed E-state index contributed by atoms with van der Waals surface area (Å²) in [6, 6.07) is 0. The Morgan fingerprint density at radius 2 is 0.391 bits per heavy atom. The number of rotatable bonds is 0. The monoisotopic (exact) mass is 430 g/mol. The Morgan fingerprint density at radius 1 is 0.348 bits per heavy atom. The van der Waals surface area contributed by atoms with Crippen molar-refractivity contribution in [3.8, 4) is 0 Å². The molecule has 2 rings (SSSR count). The molecule has 0 saturated heterocycles. The summed E-state index contributed by atoms with van der Waals surface area (Å²) < 4.78 is 0. The van der Waals surface area contributed by atoms with E-state index in [-0.39, 0.29) is 0 Å². The van der Waals surface area contributed by atoms with E-state index in [9.17, 15) is 0 Å². The molecule has 126 valence electrons. The van der Waals surface area contributed by atoms with Crippen molar-refractivity contribution >= 4 is 17.0 Å². The van der Waals surface area contributed by atoms with Crippen LogP contribution in [0.25, 0.3) is 0 Å². The van der Waals surface area contributed by atoms with Crippen LogP contribution in [-0.2, 0) is 20.8 Å². The van der Waals surface area contributed by atoms with Crippen molar-refractivity contribution in [1.82, 2.24) is 0 Å². The van der Waals surface area contributed by atoms with E-state index in [2.05, 4.69) is 69.2 Å². The molecule has 0 spiro atoms. The molecule has 0 atom stereocenters. The van der Waals surface area contributed by atoms with E-state index < -0.39 is 20.8 Å². The Hall–Kier alpha value is 1.46. The number of hydrogen-bond donors (Lipinski definition) is 0. The normalized spacial score (nSPS) is 25.2. The van der Waals surface area contributed by atoms with E-state index >= 15 is 0 Å². The average Bonchev–Trinajstić information content (AvgIpc) is 2.80. The quantitative estimate of drug-likeness (QED) is 0.376. The van der Waals surface area contributed by atoms with E-state index in [1.165, 1.54) is 59.2 Å². The van der Waals surface area contributed by atoms with E-state index in [0.717, 1.165) is 0 Å². The third kappa shape index (κ3) is 6.29. The third-order valence-corrected chi connectivity index (χ3v) is 5.62. The van der Waals surface area contributed by atoms with Gasteiger partial charge in [-0.3, -0.25) is 0 Å². The molecule has 0 aromatic rings. The van der Waals surface area contributed by atoms with Crippen molar-refractivity contribution in [3.63, 3.8) is 0 Å². The van der Waals surface area contributed by atoms with Gasteiger partial charge in [0.1, 0.15) is 0 Å². The Balaban J connectivity index is 0.000000360. The molecule has 0 amide bonds. The van der Waals surface area contributed by atoms with Crippen LogP contribution in [0.3, 0.4) is 0 Å². The van der Waals surface area contributed by atoms with Crippen LogP contribution < -0.4 is 0 Å². The second kappa shape index (κ2) is 11.2. The van der Waals surface area contributed by atoms with Gasteiger partial charge in [0.05, 0.1) is 0 Å². The van der Waals surface area contributed by atoms with Crippen LogP contribution in [0.1, 0.15) is 69.2 Å². The fourth-order valence-electron chi connectivity index (χ4n) is 2.81. The summed E-state index contributed by atoms with van der Waals surface area (Å²) in [6.45, 7) is 22.0. The zero-order valence-corrected chi connectivity index (χ0v) is 20.2. The van der Waals surface area contributed by atoms with E-state index in [4.69, 9.17) is 17.0 Å². The van der Waals surface area contributed by atoms with Crippen molar-refractivity contribution in [2.24, 2.45) is 0 Å². The third-order valence-electron chi connectivity index (χ3n) is 5.62. The molecule has 0 bridgehead atoms. The summed E-state index contributed by atoms with van der Waals surface area (Å²) in [4.78, 5) is 0. The van der Waals surface area contributed by atoms with Gasteiger partial charge >= 0.3 is 37.9 Å². The molecular formula is C20H30Cl2Zr+2. The maximum atomic E-state index is 4.93. The van der Waals surface area contributed by atoms with Gasteiger partial charge in [-0.2, -0.15) is 0 Å². The van der Waals surface area contributed by atoms with Gasteiger partial charge in [0.2, 0.25) is 0 Å². The van der Waals surface area contributed by atoms with E-state index in [1.807, 2.05) is 0 Å². The molecule has 0 unspecified atom stereocenters. The molecule has 0 N–H and O–H groups in total. The topological polar surface area (TPSA) is 0 Å². The Kier molecular flexibility index (Phi) is 11.9. The van der Waals surface area contributed by atoms with Crippen molar-refractivity contribution in [1.29, 1.82) is 0 Å². The van der Waals surface area contributed by atoms with Gasteiger partial charge in [-0.05, 0) is 59.2 Å². The predicted octanol–water partition coefficient (Wildman–Crippen LogP) is 7.32. The van der Waals surface area contributed by atoms with Crippen LogP contribution in [0.15, 0.2) is 0 Å². The Bertz CT molecular complexity index is 203. The molecule has 10 radical (unpaired) electrons. The summed E-state index contributed by atoms with van der Waals surface area (Å²) in [5, 5.41) is 0. The van der Waals surface area contributed by atoms with Crippen molar-refractivity contribution < 1.29 is 20.8 Å². The Morgan fingerprint density at radius 3 is 0.435 bits per heavy atom.